The van der Waals surface area contributed by atoms with Gasteiger partial charge in [0.25, 0.3) is 0 Å². The molecular formula is C9H16O2. The summed E-state index contributed by atoms with van der Waals surface area (Å²) in [5.41, 5.74) is 0.311. The topological polar surface area (TPSA) is 29.5 Å². The lowest BCUT2D eigenvalue weighted by Gasteiger charge is -2.23. The summed E-state index contributed by atoms with van der Waals surface area (Å²) in [6, 6.07) is 0. The van der Waals surface area contributed by atoms with Crippen molar-refractivity contribution in [3.05, 3.63) is 24.8 Å². The van der Waals surface area contributed by atoms with E-state index >= 15 is 0 Å². The van der Waals surface area contributed by atoms with Crippen LogP contribution in [0, 0.1) is 0 Å². The van der Waals surface area contributed by atoms with E-state index in [4.69, 9.17) is 9.84 Å². The van der Waals surface area contributed by atoms with Gasteiger partial charge in [-0.2, -0.15) is 0 Å². The summed E-state index contributed by atoms with van der Waals surface area (Å²) in [6.07, 6.45) is 1.59. The summed E-state index contributed by atoms with van der Waals surface area (Å²) < 4.78 is 5.32. The van der Waals surface area contributed by atoms with Crippen molar-refractivity contribution in [3.63, 3.8) is 0 Å². The minimum Gasteiger partial charge on any atom is -0.393 e. The number of aliphatic hydroxyl groups is 1. The molecule has 0 aliphatic heterocycles. The second kappa shape index (κ2) is 4.31. The SMILES string of the molecule is C=CC(C)(CO)OCC(=C)C. The van der Waals surface area contributed by atoms with Gasteiger partial charge in [0.05, 0.1) is 13.2 Å². The minimum absolute atomic E-state index is 0.0518. The average molecular weight is 156 g/mol. The number of hydrogen-bond acceptors (Lipinski definition) is 2. The molecule has 1 unspecified atom stereocenters. The van der Waals surface area contributed by atoms with Crippen molar-refractivity contribution in [2.24, 2.45) is 0 Å². The fourth-order valence-corrected chi connectivity index (χ4v) is 0.457. The first kappa shape index (κ1) is 10.4. The van der Waals surface area contributed by atoms with Crippen LogP contribution < -0.4 is 0 Å². The molecule has 0 fully saturated rings. The van der Waals surface area contributed by atoms with Gasteiger partial charge in [-0.15, -0.1) is 6.58 Å². The Morgan fingerprint density at radius 2 is 2.27 bits per heavy atom. The average Bonchev–Trinajstić information content (AvgIpc) is 2.00. The summed E-state index contributed by atoms with van der Waals surface area (Å²) in [7, 11) is 0. The highest BCUT2D eigenvalue weighted by Gasteiger charge is 2.18. The molecule has 0 aromatic heterocycles. The molecule has 0 bridgehead atoms. The summed E-state index contributed by atoms with van der Waals surface area (Å²) in [5, 5.41) is 8.87. The van der Waals surface area contributed by atoms with Crippen LogP contribution in [0.15, 0.2) is 24.8 Å². The van der Waals surface area contributed by atoms with Gasteiger partial charge in [0.1, 0.15) is 5.60 Å². The van der Waals surface area contributed by atoms with Gasteiger partial charge >= 0.3 is 0 Å². The number of rotatable bonds is 5. The van der Waals surface area contributed by atoms with E-state index in [1.807, 2.05) is 6.92 Å². The largest absolute Gasteiger partial charge is 0.393 e. The van der Waals surface area contributed by atoms with Gasteiger partial charge in [0, 0.05) is 0 Å². The van der Waals surface area contributed by atoms with Crippen LogP contribution in [0.1, 0.15) is 13.8 Å². The van der Waals surface area contributed by atoms with Crippen LogP contribution in [0.25, 0.3) is 0 Å². The summed E-state index contributed by atoms with van der Waals surface area (Å²) in [5.74, 6) is 0. The molecule has 0 spiro atoms. The lowest BCUT2D eigenvalue weighted by molar-refractivity contribution is -0.0210. The van der Waals surface area contributed by atoms with Gasteiger partial charge in [0.2, 0.25) is 0 Å². The molecule has 2 nitrogen and oxygen atoms in total. The molecule has 1 atom stereocenters. The standard InChI is InChI=1S/C9H16O2/c1-5-9(4,7-10)11-6-8(2)3/h5,10H,1-2,6-7H2,3-4H3. The van der Waals surface area contributed by atoms with Crippen LogP contribution >= 0.6 is 0 Å². The van der Waals surface area contributed by atoms with E-state index in [0.29, 0.717) is 6.61 Å². The second-order valence-corrected chi connectivity index (χ2v) is 2.92. The molecule has 1 N–H and O–H groups in total. The van der Waals surface area contributed by atoms with Crippen LogP contribution in [-0.4, -0.2) is 23.9 Å². The molecule has 0 aliphatic carbocycles. The van der Waals surface area contributed by atoms with E-state index in [-0.39, 0.29) is 6.61 Å². The fourth-order valence-electron chi connectivity index (χ4n) is 0.457. The Morgan fingerprint density at radius 1 is 1.73 bits per heavy atom. The zero-order chi connectivity index (χ0) is 8.91. The number of ether oxygens (including phenoxy) is 1. The van der Waals surface area contributed by atoms with E-state index < -0.39 is 5.60 Å². The third-order valence-electron chi connectivity index (χ3n) is 1.39. The quantitative estimate of drug-likeness (QED) is 0.611. The van der Waals surface area contributed by atoms with Crippen molar-refractivity contribution in [3.8, 4) is 0 Å². The van der Waals surface area contributed by atoms with Gasteiger partial charge in [-0.25, -0.2) is 0 Å². The van der Waals surface area contributed by atoms with Crippen LogP contribution in [0.4, 0.5) is 0 Å². The first-order valence-electron chi connectivity index (χ1n) is 3.57. The normalized spacial score (nSPS) is 15.5. The molecule has 0 saturated heterocycles. The maximum atomic E-state index is 8.87. The Labute approximate surface area is 68.2 Å². The van der Waals surface area contributed by atoms with Gasteiger partial charge in [-0.1, -0.05) is 18.2 Å². The van der Waals surface area contributed by atoms with E-state index in [2.05, 4.69) is 13.2 Å². The van der Waals surface area contributed by atoms with Crippen LogP contribution in [0.5, 0.6) is 0 Å². The first-order valence-corrected chi connectivity index (χ1v) is 3.57. The van der Waals surface area contributed by atoms with Gasteiger partial charge in [-0.05, 0) is 13.8 Å². The van der Waals surface area contributed by atoms with E-state index in [1.165, 1.54) is 0 Å². The zero-order valence-electron chi connectivity index (χ0n) is 7.26. The highest BCUT2D eigenvalue weighted by atomic mass is 16.5. The van der Waals surface area contributed by atoms with Crippen LogP contribution in [0.2, 0.25) is 0 Å². The summed E-state index contributed by atoms with van der Waals surface area (Å²) in [4.78, 5) is 0. The minimum atomic E-state index is -0.626. The second-order valence-electron chi connectivity index (χ2n) is 2.92. The predicted octanol–water partition coefficient (Wildman–Crippen LogP) is 1.52. The van der Waals surface area contributed by atoms with Crippen molar-refractivity contribution < 1.29 is 9.84 Å². The Hall–Kier alpha value is -0.600. The van der Waals surface area contributed by atoms with E-state index in [0.717, 1.165) is 5.57 Å². The lowest BCUT2D eigenvalue weighted by Crippen LogP contribution is -2.30. The van der Waals surface area contributed by atoms with Crippen LogP contribution in [-0.2, 0) is 4.74 Å². The molecule has 0 amide bonds. The molecule has 0 rings (SSSR count). The van der Waals surface area contributed by atoms with E-state index in [9.17, 15) is 0 Å². The Morgan fingerprint density at radius 3 is 2.55 bits per heavy atom. The smallest absolute Gasteiger partial charge is 0.107 e. The molecular weight excluding hydrogens is 140 g/mol. The van der Waals surface area contributed by atoms with Crippen molar-refractivity contribution in [2.75, 3.05) is 13.2 Å². The van der Waals surface area contributed by atoms with Crippen molar-refractivity contribution >= 4 is 0 Å². The maximum absolute atomic E-state index is 8.87. The van der Waals surface area contributed by atoms with Gasteiger partial charge in [-0.3, -0.25) is 0 Å². The summed E-state index contributed by atoms with van der Waals surface area (Å²) in [6.45, 7) is 11.3. The number of hydrogen-bond donors (Lipinski definition) is 1. The fraction of sp³-hybridized carbons (Fsp3) is 0.556. The monoisotopic (exact) mass is 156 g/mol. The van der Waals surface area contributed by atoms with Gasteiger partial charge in [0.15, 0.2) is 0 Å². The molecule has 0 aromatic carbocycles. The molecule has 64 valence electrons. The molecule has 2 heteroatoms. The highest BCUT2D eigenvalue weighted by molar-refractivity contribution is 4.96. The first-order chi connectivity index (χ1) is 5.04. The van der Waals surface area contributed by atoms with Crippen LogP contribution in [0.3, 0.4) is 0 Å². The number of aliphatic hydroxyl groups excluding tert-OH is 1. The summed E-state index contributed by atoms with van der Waals surface area (Å²) >= 11 is 0. The molecule has 0 aliphatic rings. The molecule has 11 heavy (non-hydrogen) atoms. The molecule has 0 aromatic rings. The molecule has 0 saturated carbocycles. The van der Waals surface area contributed by atoms with Crippen molar-refractivity contribution in [1.29, 1.82) is 0 Å². The Balaban J connectivity index is 3.87. The zero-order valence-corrected chi connectivity index (χ0v) is 7.26. The van der Waals surface area contributed by atoms with Crippen molar-refractivity contribution in [2.45, 2.75) is 19.4 Å². The third kappa shape index (κ3) is 3.96. The van der Waals surface area contributed by atoms with E-state index in [1.54, 1.807) is 13.0 Å². The Bertz CT molecular complexity index is 152. The lowest BCUT2D eigenvalue weighted by atomic mass is 10.1. The predicted molar refractivity (Wildman–Crippen MR) is 46.5 cm³/mol. The third-order valence-corrected chi connectivity index (χ3v) is 1.39. The maximum Gasteiger partial charge on any atom is 0.107 e. The Kier molecular flexibility index (Phi) is 4.08. The van der Waals surface area contributed by atoms with Crippen molar-refractivity contribution in [1.82, 2.24) is 0 Å². The molecule has 0 radical (unpaired) electrons. The van der Waals surface area contributed by atoms with Gasteiger partial charge < -0.3 is 9.84 Å². The molecule has 0 heterocycles. The highest BCUT2D eigenvalue weighted by Crippen LogP contribution is 2.11.